The van der Waals surface area contributed by atoms with Crippen molar-refractivity contribution in [2.24, 2.45) is 11.8 Å². The maximum atomic E-state index is 12.4. The molecule has 2 aliphatic carbocycles. The fourth-order valence-electron chi connectivity index (χ4n) is 4.43. The second-order valence-corrected chi connectivity index (χ2v) is 9.05. The summed E-state index contributed by atoms with van der Waals surface area (Å²) >= 11 is 1.55. The molecule has 1 aliphatic heterocycles. The Kier molecular flexibility index (Phi) is 3.86. The number of carbonyl (C=O) groups excluding carboxylic acids is 1. The van der Waals surface area contributed by atoms with Crippen LogP contribution in [0.3, 0.4) is 0 Å². The van der Waals surface area contributed by atoms with E-state index < -0.39 is 0 Å². The molecule has 2 aromatic heterocycles. The molecule has 1 saturated heterocycles. The number of amides is 1. The summed E-state index contributed by atoms with van der Waals surface area (Å²) in [6.45, 7) is 1.47. The van der Waals surface area contributed by atoms with Crippen LogP contribution in [0.15, 0.2) is 10.9 Å². The van der Waals surface area contributed by atoms with E-state index in [-0.39, 0.29) is 11.5 Å². The molecule has 0 aromatic carbocycles. The number of nitrogens with one attached hydrogen (secondary N) is 1. The smallest absolute Gasteiger partial charge is 0.275 e. The minimum absolute atomic E-state index is 0.0866. The van der Waals surface area contributed by atoms with E-state index in [9.17, 15) is 9.59 Å². The number of nitrogens with zero attached hydrogens (tertiary/aromatic N) is 4. The van der Waals surface area contributed by atoms with Gasteiger partial charge in [-0.2, -0.15) is 9.61 Å². The highest BCUT2D eigenvalue weighted by Gasteiger charge is 2.39. The first-order chi connectivity index (χ1) is 12.6. The van der Waals surface area contributed by atoms with Crippen LogP contribution in [-0.2, 0) is 11.3 Å². The van der Waals surface area contributed by atoms with Crippen LogP contribution < -0.4 is 10.9 Å². The van der Waals surface area contributed by atoms with E-state index in [1.807, 2.05) is 0 Å². The predicted molar refractivity (Wildman–Crippen MR) is 98.2 cm³/mol. The number of aromatic nitrogens is 3. The fourth-order valence-corrected chi connectivity index (χ4v) is 5.52. The van der Waals surface area contributed by atoms with Crippen molar-refractivity contribution in [1.29, 1.82) is 0 Å². The van der Waals surface area contributed by atoms with Gasteiger partial charge < -0.3 is 5.32 Å². The number of fused-ring (bicyclic) bond motifs is 2. The zero-order valence-electron chi connectivity index (χ0n) is 14.9. The third-order valence-electron chi connectivity index (χ3n) is 6.10. The van der Waals surface area contributed by atoms with E-state index in [2.05, 4.69) is 22.4 Å². The van der Waals surface area contributed by atoms with Crippen LogP contribution in [0.4, 0.5) is 0 Å². The average molecular weight is 373 g/mol. The SMILES string of the molecule is CN(Cc1cc(=O)n2nc(C3CC3)sc2n1)[C@H]1C[C@H]2CNC(=O)C[C@H]2C1. The molecule has 8 heteroatoms. The molecule has 0 unspecified atom stereocenters. The van der Waals surface area contributed by atoms with Crippen molar-refractivity contribution >= 4 is 22.2 Å². The molecule has 3 fully saturated rings. The maximum Gasteiger partial charge on any atom is 0.275 e. The Balaban J connectivity index is 1.32. The van der Waals surface area contributed by atoms with E-state index in [1.54, 1.807) is 17.4 Å². The van der Waals surface area contributed by atoms with Gasteiger partial charge >= 0.3 is 0 Å². The highest BCUT2D eigenvalue weighted by molar-refractivity contribution is 7.16. The summed E-state index contributed by atoms with van der Waals surface area (Å²) in [4.78, 5) is 31.7. The van der Waals surface area contributed by atoms with E-state index in [1.165, 1.54) is 17.4 Å². The van der Waals surface area contributed by atoms with Crippen LogP contribution >= 0.6 is 11.3 Å². The van der Waals surface area contributed by atoms with Crippen molar-refractivity contribution in [3.8, 4) is 0 Å². The summed E-state index contributed by atoms with van der Waals surface area (Å²) in [5.41, 5.74) is 0.726. The molecular formula is C18H23N5O2S. The Morgan fingerprint density at radius 1 is 1.31 bits per heavy atom. The number of hydrogen-bond donors (Lipinski definition) is 1. The monoisotopic (exact) mass is 373 g/mol. The maximum absolute atomic E-state index is 12.4. The Morgan fingerprint density at radius 2 is 2.12 bits per heavy atom. The first kappa shape index (κ1) is 16.4. The van der Waals surface area contributed by atoms with Crippen LogP contribution in [0.2, 0.25) is 0 Å². The van der Waals surface area contributed by atoms with Gasteiger partial charge in [-0.3, -0.25) is 14.5 Å². The molecule has 1 N–H and O–H groups in total. The molecule has 5 rings (SSSR count). The van der Waals surface area contributed by atoms with E-state index in [0.717, 1.165) is 30.1 Å². The summed E-state index contributed by atoms with van der Waals surface area (Å²) in [7, 11) is 2.10. The zero-order chi connectivity index (χ0) is 17.8. The molecule has 3 atom stereocenters. The zero-order valence-corrected chi connectivity index (χ0v) is 15.7. The first-order valence-corrected chi connectivity index (χ1v) is 10.2. The third kappa shape index (κ3) is 2.95. The molecular weight excluding hydrogens is 350 g/mol. The van der Waals surface area contributed by atoms with Gasteiger partial charge in [0.25, 0.3) is 5.56 Å². The topological polar surface area (TPSA) is 79.6 Å². The molecule has 2 aromatic rings. The Hall–Kier alpha value is -1.80. The lowest BCUT2D eigenvalue weighted by Crippen LogP contribution is -2.38. The van der Waals surface area contributed by atoms with Gasteiger partial charge in [0, 0.05) is 37.5 Å². The highest BCUT2D eigenvalue weighted by Crippen LogP contribution is 2.41. The molecule has 7 nitrogen and oxygen atoms in total. The highest BCUT2D eigenvalue weighted by atomic mass is 32.1. The van der Waals surface area contributed by atoms with Crippen LogP contribution in [0, 0.1) is 11.8 Å². The Bertz CT molecular complexity index is 918. The van der Waals surface area contributed by atoms with Gasteiger partial charge in [0.1, 0.15) is 5.01 Å². The van der Waals surface area contributed by atoms with Gasteiger partial charge in [-0.25, -0.2) is 4.98 Å². The van der Waals surface area contributed by atoms with Crippen LogP contribution in [0.5, 0.6) is 0 Å². The van der Waals surface area contributed by atoms with Crippen molar-refractivity contribution in [3.63, 3.8) is 0 Å². The van der Waals surface area contributed by atoms with E-state index in [0.29, 0.717) is 41.7 Å². The predicted octanol–water partition coefficient (Wildman–Crippen LogP) is 1.37. The number of piperidine rings is 1. The van der Waals surface area contributed by atoms with Crippen molar-refractivity contribution in [2.45, 2.75) is 50.6 Å². The lowest BCUT2D eigenvalue weighted by atomic mass is 9.89. The Labute approximate surface area is 155 Å². The molecule has 3 aliphatic rings. The molecule has 26 heavy (non-hydrogen) atoms. The summed E-state index contributed by atoms with van der Waals surface area (Å²) in [5, 5.41) is 8.46. The lowest BCUT2D eigenvalue weighted by molar-refractivity contribution is -0.124. The normalized spacial score (nSPS) is 28.5. The summed E-state index contributed by atoms with van der Waals surface area (Å²) < 4.78 is 1.45. The van der Waals surface area contributed by atoms with Gasteiger partial charge in [-0.15, -0.1) is 0 Å². The van der Waals surface area contributed by atoms with Gasteiger partial charge in [0.15, 0.2) is 0 Å². The molecule has 0 bridgehead atoms. The minimum Gasteiger partial charge on any atom is -0.356 e. The minimum atomic E-state index is -0.0866. The molecule has 1 amide bonds. The van der Waals surface area contributed by atoms with E-state index in [4.69, 9.17) is 4.98 Å². The third-order valence-corrected chi connectivity index (χ3v) is 7.17. The van der Waals surface area contributed by atoms with Gasteiger partial charge in [0.05, 0.1) is 5.69 Å². The average Bonchev–Trinajstić information content (AvgIpc) is 3.22. The number of hydrogen-bond acceptors (Lipinski definition) is 6. The molecule has 0 spiro atoms. The van der Waals surface area contributed by atoms with Crippen molar-refractivity contribution in [2.75, 3.05) is 13.6 Å². The van der Waals surface area contributed by atoms with Crippen LogP contribution in [0.25, 0.3) is 4.96 Å². The van der Waals surface area contributed by atoms with Crippen molar-refractivity contribution in [3.05, 3.63) is 27.1 Å². The van der Waals surface area contributed by atoms with E-state index >= 15 is 0 Å². The van der Waals surface area contributed by atoms with Crippen molar-refractivity contribution in [1.82, 2.24) is 24.8 Å². The first-order valence-electron chi connectivity index (χ1n) is 9.43. The number of rotatable bonds is 4. The second-order valence-electron chi connectivity index (χ2n) is 8.06. The molecule has 138 valence electrons. The Morgan fingerprint density at radius 3 is 2.92 bits per heavy atom. The fraction of sp³-hybridized carbons (Fsp3) is 0.667. The summed E-state index contributed by atoms with van der Waals surface area (Å²) in [5.74, 6) is 1.81. The standard InChI is InChI=1S/C18H23N5O2S/c1-22(14-4-11-6-15(24)19-8-12(11)5-14)9-13-7-16(25)23-18(20-13)26-17(21-23)10-2-3-10/h7,10-12,14H,2-6,8-9H2,1H3,(H,19,24)/t11-,12+,14-/m1/s1. The summed E-state index contributed by atoms with van der Waals surface area (Å²) in [6, 6.07) is 2.06. The molecule has 2 saturated carbocycles. The molecule has 3 heterocycles. The van der Waals surface area contributed by atoms with Crippen LogP contribution in [-0.4, -0.2) is 45.0 Å². The van der Waals surface area contributed by atoms with Gasteiger partial charge in [-0.1, -0.05) is 11.3 Å². The second kappa shape index (κ2) is 6.13. The number of carbonyl (C=O) groups is 1. The van der Waals surface area contributed by atoms with Gasteiger partial charge in [-0.05, 0) is 44.6 Å². The lowest BCUT2D eigenvalue weighted by Gasteiger charge is -2.24. The largest absolute Gasteiger partial charge is 0.356 e. The van der Waals surface area contributed by atoms with Crippen molar-refractivity contribution < 1.29 is 4.79 Å². The van der Waals surface area contributed by atoms with Crippen LogP contribution in [0.1, 0.15) is 48.7 Å². The van der Waals surface area contributed by atoms with Gasteiger partial charge in [0.2, 0.25) is 10.9 Å². The summed E-state index contributed by atoms with van der Waals surface area (Å²) in [6.07, 6.45) is 5.17. The quantitative estimate of drug-likeness (QED) is 0.876. The molecule has 0 radical (unpaired) electrons.